The largest absolute Gasteiger partial charge is 0.508 e. The highest BCUT2D eigenvalue weighted by Gasteiger charge is 2.44. The van der Waals surface area contributed by atoms with Crippen LogP contribution in [0.3, 0.4) is 0 Å². The molecule has 37 heavy (non-hydrogen) atoms. The lowest BCUT2D eigenvalue weighted by Gasteiger charge is -2.27. The predicted octanol–water partition coefficient (Wildman–Crippen LogP) is 6.09. The molecule has 7 nitrogen and oxygen atoms in total. The minimum absolute atomic E-state index is 0.0323. The van der Waals surface area contributed by atoms with E-state index in [-0.39, 0.29) is 29.2 Å². The maximum Gasteiger partial charge on any atom is 0.290 e. The molecular formula is C30H27NO6. The fourth-order valence-corrected chi connectivity index (χ4v) is 4.49. The number of para-hydroxylation sites is 1. The van der Waals surface area contributed by atoms with Gasteiger partial charge in [0.2, 0.25) is 5.78 Å². The van der Waals surface area contributed by atoms with Crippen molar-refractivity contribution in [3.63, 3.8) is 0 Å². The monoisotopic (exact) mass is 497 g/mol. The number of fused-ring (bicyclic) bond motifs is 1. The van der Waals surface area contributed by atoms with E-state index >= 15 is 0 Å². The number of carbonyl (C=O) groups is 2. The van der Waals surface area contributed by atoms with E-state index in [1.807, 2.05) is 57.2 Å². The number of furan rings is 1. The number of aliphatic hydroxyl groups excluding tert-OH is 1. The molecule has 1 aromatic heterocycles. The standard InChI is InChI=1S/C30H27NO6/c1-30(2,3)37-22-14-8-18(9-15-22)17-31-26(19-10-12-21(32)13-11-19)25(28(34)29(31)35)27(33)24-16-20-6-4-5-7-23(20)36-24/h4-16,26,32,34H,17H2,1-3H3. The Morgan fingerprint density at radius 3 is 2.30 bits per heavy atom. The van der Waals surface area contributed by atoms with Crippen molar-refractivity contribution in [1.29, 1.82) is 0 Å². The van der Waals surface area contributed by atoms with Crippen LogP contribution in [0.2, 0.25) is 0 Å². The number of hydrogen-bond acceptors (Lipinski definition) is 6. The SMILES string of the molecule is CC(C)(C)Oc1ccc(CN2C(=O)C(O)=C(C(=O)c3cc4ccccc4o3)C2c2ccc(O)cc2)cc1. The van der Waals surface area contributed by atoms with Gasteiger partial charge in [0.1, 0.15) is 22.7 Å². The quantitative estimate of drug-likeness (QED) is 0.313. The van der Waals surface area contributed by atoms with Gasteiger partial charge in [0.05, 0.1) is 11.6 Å². The van der Waals surface area contributed by atoms with Gasteiger partial charge >= 0.3 is 0 Å². The van der Waals surface area contributed by atoms with E-state index in [9.17, 15) is 19.8 Å². The molecule has 1 aliphatic rings. The van der Waals surface area contributed by atoms with E-state index in [0.29, 0.717) is 16.9 Å². The Kier molecular flexibility index (Phi) is 5.99. The van der Waals surface area contributed by atoms with Crippen LogP contribution in [0.15, 0.2) is 94.6 Å². The lowest BCUT2D eigenvalue weighted by molar-refractivity contribution is -0.130. The Labute approximate surface area is 214 Å². The number of nitrogens with zero attached hydrogens (tertiary/aromatic N) is 1. The number of phenolic OH excluding ortho intramolecular Hbond substituents is 1. The first-order valence-corrected chi connectivity index (χ1v) is 11.9. The second kappa shape index (κ2) is 9.17. The summed E-state index contributed by atoms with van der Waals surface area (Å²) < 4.78 is 11.6. The molecule has 0 bridgehead atoms. The summed E-state index contributed by atoms with van der Waals surface area (Å²) in [6, 6.07) is 21.5. The Morgan fingerprint density at radius 2 is 1.65 bits per heavy atom. The van der Waals surface area contributed by atoms with Crippen molar-refractivity contribution < 1.29 is 29.0 Å². The van der Waals surface area contributed by atoms with Crippen molar-refractivity contribution >= 4 is 22.7 Å². The zero-order chi connectivity index (χ0) is 26.3. The molecule has 0 saturated carbocycles. The molecule has 1 unspecified atom stereocenters. The number of hydrogen-bond donors (Lipinski definition) is 2. The third-order valence-electron chi connectivity index (χ3n) is 6.11. The summed E-state index contributed by atoms with van der Waals surface area (Å²) in [4.78, 5) is 28.4. The minimum Gasteiger partial charge on any atom is -0.508 e. The lowest BCUT2D eigenvalue weighted by atomic mass is 9.94. The second-order valence-corrected chi connectivity index (χ2v) is 10.0. The van der Waals surface area contributed by atoms with Gasteiger partial charge in [-0.15, -0.1) is 0 Å². The maximum atomic E-state index is 13.6. The number of aromatic hydroxyl groups is 1. The van der Waals surface area contributed by atoms with Crippen LogP contribution in [0.4, 0.5) is 0 Å². The predicted molar refractivity (Wildman–Crippen MR) is 138 cm³/mol. The minimum atomic E-state index is -0.876. The zero-order valence-electron chi connectivity index (χ0n) is 20.8. The fourth-order valence-electron chi connectivity index (χ4n) is 4.49. The molecule has 188 valence electrons. The summed E-state index contributed by atoms with van der Waals surface area (Å²) in [6.07, 6.45) is 0. The summed E-state index contributed by atoms with van der Waals surface area (Å²) >= 11 is 0. The molecule has 5 rings (SSSR count). The van der Waals surface area contributed by atoms with Crippen LogP contribution in [-0.4, -0.2) is 32.4 Å². The molecule has 0 saturated heterocycles. The van der Waals surface area contributed by atoms with E-state index in [1.54, 1.807) is 30.3 Å². The van der Waals surface area contributed by atoms with Gasteiger partial charge < -0.3 is 24.3 Å². The summed E-state index contributed by atoms with van der Waals surface area (Å²) in [7, 11) is 0. The Balaban J connectivity index is 1.51. The number of Topliss-reactive ketones (excluding diaryl/α,β-unsaturated/α-hetero) is 1. The highest BCUT2D eigenvalue weighted by atomic mass is 16.5. The fraction of sp³-hybridized carbons (Fsp3) is 0.200. The number of phenols is 1. The summed E-state index contributed by atoms with van der Waals surface area (Å²) in [6.45, 7) is 6.02. The first-order valence-electron chi connectivity index (χ1n) is 11.9. The Hall–Kier alpha value is -4.52. The third-order valence-corrected chi connectivity index (χ3v) is 6.11. The van der Waals surface area contributed by atoms with Crippen LogP contribution in [-0.2, 0) is 11.3 Å². The van der Waals surface area contributed by atoms with E-state index < -0.39 is 23.5 Å². The van der Waals surface area contributed by atoms with Crippen molar-refractivity contribution in [2.45, 2.75) is 39.0 Å². The summed E-state index contributed by atoms with van der Waals surface area (Å²) in [5.41, 5.74) is 1.48. The van der Waals surface area contributed by atoms with Gasteiger partial charge in [-0.05, 0) is 68.3 Å². The second-order valence-electron chi connectivity index (χ2n) is 10.0. The normalized spacial score (nSPS) is 16.0. The van der Waals surface area contributed by atoms with Gasteiger partial charge in [-0.2, -0.15) is 0 Å². The highest BCUT2D eigenvalue weighted by molar-refractivity contribution is 6.16. The molecule has 1 aliphatic heterocycles. The van der Waals surface area contributed by atoms with Crippen molar-refractivity contribution in [3.8, 4) is 11.5 Å². The Bertz CT molecular complexity index is 1470. The number of amides is 1. The molecule has 0 spiro atoms. The molecule has 2 N–H and O–H groups in total. The molecule has 2 heterocycles. The van der Waals surface area contributed by atoms with Crippen LogP contribution >= 0.6 is 0 Å². The van der Waals surface area contributed by atoms with E-state index in [1.165, 1.54) is 17.0 Å². The summed E-state index contributed by atoms with van der Waals surface area (Å²) in [5.74, 6) is -1.07. The Morgan fingerprint density at radius 1 is 0.973 bits per heavy atom. The molecular weight excluding hydrogens is 470 g/mol. The van der Waals surface area contributed by atoms with Gasteiger partial charge in [-0.25, -0.2) is 0 Å². The van der Waals surface area contributed by atoms with Gasteiger partial charge in [0, 0.05) is 11.9 Å². The molecule has 3 aromatic carbocycles. The number of carbonyl (C=O) groups excluding carboxylic acids is 2. The number of ketones is 1. The van der Waals surface area contributed by atoms with Crippen molar-refractivity contribution in [1.82, 2.24) is 4.90 Å². The zero-order valence-corrected chi connectivity index (χ0v) is 20.8. The van der Waals surface area contributed by atoms with Gasteiger partial charge in [0.15, 0.2) is 11.5 Å². The molecule has 4 aromatic rings. The van der Waals surface area contributed by atoms with Crippen LogP contribution in [0, 0.1) is 0 Å². The van der Waals surface area contributed by atoms with Crippen molar-refractivity contribution in [3.05, 3.63) is 107 Å². The van der Waals surface area contributed by atoms with E-state index in [0.717, 1.165) is 10.9 Å². The molecule has 0 radical (unpaired) electrons. The van der Waals surface area contributed by atoms with E-state index in [2.05, 4.69) is 0 Å². The van der Waals surface area contributed by atoms with Crippen molar-refractivity contribution in [2.24, 2.45) is 0 Å². The highest BCUT2D eigenvalue weighted by Crippen LogP contribution is 2.41. The number of aliphatic hydroxyl groups is 1. The van der Waals surface area contributed by atoms with Gasteiger partial charge in [-0.1, -0.05) is 42.5 Å². The topological polar surface area (TPSA) is 100 Å². The molecule has 0 fully saturated rings. The summed E-state index contributed by atoms with van der Waals surface area (Å²) in [5, 5.41) is 21.5. The molecule has 1 atom stereocenters. The van der Waals surface area contributed by atoms with Crippen LogP contribution in [0.5, 0.6) is 11.5 Å². The van der Waals surface area contributed by atoms with E-state index in [4.69, 9.17) is 9.15 Å². The molecule has 0 aliphatic carbocycles. The van der Waals surface area contributed by atoms with Crippen LogP contribution in [0.25, 0.3) is 11.0 Å². The maximum absolute atomic E-state index is 13.6. The number of benzene rings is 3. The average molecular weight is 498 g/mol. The molecule has 1 amide bonds. The first-order chi connectivity index (χ1) is 17.6. The molecule has 7 heteroatoms. The van der Waals surface area contributed by atoms with Gasteiger partial charge in [0.25, 0.3) is 5.91 Å². The smallest absolute Gasteiger partial charge is 0.290 e. The lowest BCUT2D eigenvalue weighted by Crippen LogP contribution is -2.30. The van der Waals surface area contributed by atoms with Gasteiger partial charge in [-0.3, -0.25) is 9.59 Å². The third kappa shape index (κ3) is 4.80. The number of ether oxygens (including phenoxy) is 1. The van der Waals surface area contributed by atoms with Crippen LogP contribution in [0.1, 0.15) is 48.5 Å². The first kappa shape index (κ1) is 24.2. The average Bonchev–Trinajstić information content (AvgIpc) is 3.39. The number of rotatable bonds is 6. The van der Waals surface area contributed by atoms with Crippen molar-refractivity contribution in [2.75, 3.05) is 0 Å². The van der Waals surface area contributed by atoms with Crippen LogP contribution < -0.4 is 4.74 Å².